The predicted molar refractivity (Wildman–Crippen MR) is 92.1 cm³/mol. The highest BCUT2D eigenvalue weighted by molar-refractivity contribution is 5.96. The number of piperidine rings is 1. The van der Waals surface area contributed by atoms with Gasteiger partial charge in [0.05, 0.1) is 22.6 Å². The van der Waals surface area contributed by atoms with E-state index in [9.17, 15) is 4.79 Å². The Kier molecular flexibility index (Phi) is 4.79. The van der Waals surface area contributed by atoms with Crippen LogP contribution in [0.3, 0.4) is 0 Å². The van der Waals surface area contributed by atoms with E-state index in [2.05, 4.69) is 6.92 Å². The van der Waals surface area contributed by atoms with E-state index in [-0.39, 0.29) is 5.91 Å². The summed E-state index contributed by atoms with van der Waals surface area (Å²) in [6.07, 6.45) is 5.29. The molecule has 0 radical (unpaired) electrons. The lowest BCUT2D eigenvalue weighted by molar-refractivity contribution is 0.0722. The van der Waals surface area contributed by atoms with Gasteiger partial charge in [-0.15, -0.1) is 0 Å². The Labute approximate surface area is 138 Å². The summed E-state index contributed by atoms with van der Waals surface area (Å²) in [7, 11) is 0. The highest BCUT2D eigenvalue weighted by Crippen LogP contribution is 2.23. The molecule has 0 saturated carbocycles. The van der Waals surface area contributed by atoms with Gasteiger partial charge in [-0.2, -0.15) is 5.10 Å². The molecule has 2 aromatic rings. The van der Waals surface area contributed by atoms with Crippen LogP contribution in [0.15, 0.2) is 30.3 Å². The van der Waals surface area contributed by atoms with Crippen LogP contribution >= 0.6 is 0 Å². The molecule has 4 heteroatoms. The van der Waals surface area contributed by atoms with Gasteiger partial charge >= 0.3 is 0 Å². The molecule has 1 aromatic heterocycles. The average Bonchev–Trinajstić information content (AvgIpc) is 2.92. The van der Waals surface area contributed by atoms with Crippen LogP contribution < -0.4 is 0 Å². The minimum absolute atomic E-state index is 0.160. The molecule has 1 fully saturated rings. The van der Waals surface area contributed by atoms with E-state index in [1.165, 1.54) is 6.42 Å². The number of likely N-dealkylation sites (tertiary alicyclic amines) is 1. The predicted octanol–water partition coefficient (Wildman–Crippen LogP) is 3.76. The number of rotatable bonds is 4. The number of amides is 1. The highest BCUT2D eigenvalue weighted by Gasteiger charge is 2.26. The fourth-order valence-corrected chi connectivity index (χ4v) is 3.33. The summed E-state index contributed by atoms with van der Waals surface area (Å²) in [5, 5.41) is 4.75. The second kappa shape index (κ2) is 6.99. The topological polar surface area (TPSA) is 38.1 Å². The molecule has 4 nitrogen and oxygen atoms in total. The zero-order chi connectivity index (χ0) is 16.2. The van der Waals surface area contributed by atoms with Gasteiger partial charge in [-0.1, -0.05) is 31.5 Å². The molecule has 122 valence electrons. The van der Waals surface area contributed by atoms with Crippen molar-refractivity contribution >= 4 is 5.91 Å². The van der Waals surface area contributed by atoms with Gasteiger partial charge in [0.2, 0.25) is 0 Å². The highest BCUT2D eigenvalue weighted by atomic mass is 16.2. The number of hydrogen-bond donors (Lipinski definition) is 0. The number of nitrogens with zero attached hydrogens (tertiary/aromatic N) is 3. The summed E-state index contributed by atoms with van der Waals surface area (Å²) in [5.41, 5.74) is 3.72. The molecule has 0 N–H and O–H groups in total. The number of carbonyl (C=O) groups is 1. The maximum absolute atomic E-state index is 13.0. The van der Waals surface area contributed by atoms with Crippen molar-refractivity contribution in [2.24, 2.45) is 0 Å². The lowest BCUT2D eigenvalue weighted by atomic mass is 10.1. The first kappa shape index (κ1) is 15.8. The van der Waals surface area contributed by atoms with Gasteiger partial charge in [0.15, 0.2) is 0 Å². The maximum atomic E-state index is 13.0. The third-order valence-electron chi connectivity index (χ3n) is 4.53. The van der Waals surface area contributed by atoms with Crippen molar-refractivity contribution in [1.82, 2.24) is 14.7 Å². The van der Waals surface area contributed by atoms with Gasteiger partial charge in [-0.05, 0) is 44.7 Å². The van der Waals surface area contributed by atoms with Crippen molar-refractivity contribution in [3.8, 4) is 5.69 Å². The first-order chi connectivity index (χ1) is 11.2. The average molecular weight is 311 g/mol. The van der Waals surface area contributed by atoms with Crippen LogP contribution in [-0.2, 0) is 6.42 Å². The van der Waals surface area contributed by atoms with E-state index >= 15 is 0 Å². The first-order valence-corrected chi connectivity index (χ1v) is 8.65. The van der Waals surface area contributed by atoms with Gasteiger partial charge < -0.3 is 4.90 Å². The van der Waals surface area contributed by atoms with Crippen molar-refractivity contribution in [3.63, 3.8) is 0 Å². The summed E-state index contributed by atoms with van der Waals surface area (Å²) in [4.78, 5) is 15.0. The summed E-state index contributed by atoms with van der Waals surface area (Å²) >= 11 is 0. The molecule has 1 aromatic carbocycles. The molecule has 0 aliphatic carbocycles. The van der Waals surface area contributed by atoms with E-state index in [4.69, 9.17) is 5.10 Å². The number of benzene rings is 1. The zero-order valence-electron chi connectivity index (χ0n) is 14.1. The Morgan fingerprint density at radius 3 is 2.48 bits per heavy atom. The van der Waals surface area contributed by atoms with E-state index < -0.39 is 0 Å². The van der Waals surface area contributed by atoms with E-state index in [0.29, 0.717) is 0 Å². The Morgan fingerprint density at radius 2 is 1.83 bits per heavy atom. The van der Waals surface area contributed by atoms with Crippen molar-refractivity contribution in [2.75, 3.05) is 13.1 Å². The van der Waals surface area contributed by atoms with Crippen LogP contribution in [0, 0.1) is 6.92 Å². The Bertz CT molecular complexity index is 669. The Hall–Kier alpha value is -2.10. The Morgan fingerprint density at radius 1 is 1.13 bits per heavy atom. The number of aromatic nitrogens is 2. The minimum Gasteiger partial charge on any atom is -0.339 e. The monoisotopic (exact) mass is 311 g/mol. The number of para-hydroxylation sites is 1. The molecule has 0 spiro atoms. The first-order valence-electron chi connectivity index (χ1n) is 8.65. The molecule has 1 aliphatic rings. The van der Waals surface area contributed by atoms with Crippen LogP contribution in [0.4, 0.5) is 0 Å². The molecule has 1 aliphatic heterocycles. The smallest absolute Gasteiger partial charge is 0.257 e. The third kappa shape index (κ3) is 3.16. The number of hydrogen-bond acceptors (Lipinski definition) is 2. The molecular formula is C19H25N3O. The molecule has 23 heavy (non-hydrogen) atoms. The minimum atomic E-state index is 0.160. The van der Waals surface area contributed by atoms with Crippen LogP contribution in [0.5, 0.6) is 0 Å². The van der Waals surface area contributed by atoms with Crippen LogP contribution in [0.2, 0.25) is 0 Å². The molecule has 0 bridgehead atoms. The number of aryl methyl sites for hydroxylation is 1. The van der Waals surface area contributed by atoms with Crippen molar-refractivity contribution in [2.45, 2.75) is 46.0 Å². The van der Waals surface area contributed by atoms with Crippen molar-refractivity contribution in [3.05, 3.63) is 47.3 Å². The zero-order valence-corrected chi connectivity index (χ0v) is 14.1. The molecule has 3 rings (SSSR count). The normalized spacial score (nSPS) is 15.0. The Balaban J connectivity index is 2.00. The van der Waals surface area contributed by atoms with Crippen molar-refractivity contribution in [1.29, 1.82) is 0 Å². The quantitative estimate of drug-likeness (QED) is 0.862. The summed E-state index contributed by atoms with van der Waals surface area (Å²) in [6, 6.07) is 10.1. The van der Waals surface area contributed by atoms with Gasteiger partial charge in [0.25, 0.3) is 5.91 Å². The molecule has 0 atom stereocenters. The maximum Gasteiger partial charge on any atom is 0.257 e. The molecule has 2 heterocycles. The van der Waals surface area contributed by atoms with Crippen LogP contribution in [0.1, 0.15) is 54.4 Å². The molecule has 0 unspecified atom stereocenters. The number of carbonyl (C=O) groups excluding carboxylic acids is 1. The molecule has 1 amide bonds. The van der Waals surface area contributed by atoms with Crippen LogP contribution in [0.25, 0.3) is 5.69 Å². The van der Waals surface area contributed by atoms with Gasteiger partial charge in [-0.3, -0.25) is 4.79 Å². The van der Waals surface area contributed by atoms with Crippen LogP contribution in [-0.4, -0.2) is 33.7 Å². The summed E-state index contributed by atoms with van der Waals surface area (Å²) in [5.74, 6) is 0.160. The fraction of sp³-hybridized carbons (Fsp3) is 0.474. The summed E-state index contributed by atoms with van der Waals surface area (Å²) < 4.78 is 1.92. The lowest BCUT2D eigenvalue weighted by Gasteiger charge is -2.27. The summed E-state index contributed by atoms with van der Waals surface area (Å²) in [6.45, 7) is 5.89. The van der Waals surface area contributed by atoms with Crippen molar-refractivity contribution < 1.29 is 4.79 Å². The van der Waals surface area contributed by atoms with Gasteiger partial charge in [0, 0.05) is 13.1 Å². The lowest BCUT2D eigenvalue weighted by Crippen LogP contribution is -2.36. The SMILES string of the molecule is CCCc1nn(-c2ccccc2)c(C)c1C(=O)N1CCCCC1. The fourth-order valence-electron chi connectivity index (χ4n) is 3.33. The largest absolute Gasteiger partial charge is 0.339 e. The second-order valence-corrected chi connectivity index (χ2v) is 6.26. The second-order valence-electron chi connectivity index (χ2n) is 6.26. The molecular weight excluding hydrogens is 286 g/mol. The third-order valence-corrected chi connectivity index (χ3v) is 4.53. The van der Waals surface area contributed by atoms with E-state index in [0.717, 1.165) is 61.4 Å². The molecule has 1 saturated heterocycles. The van der Waals surface area contributed by atoms with Gasteiger partial charge in [-0.25, -0.2) is 4.68 Å². The van der Waals surface area contributed by atoms with Gasteiger partial charge in [0.1, 0.15) is 0 Å². The standard InChI is InChI=1S/C19H25N3O/c1-3-10-17-18(19(23)21-13-8-5-9-14-21)15(2)22(20-17)16-11-6-4-7-12-16/h4,6-7,11-12H,3,5,8-10,13-14H2,1-2H3. The van der Waals surface area contributed by atoms with E-state index in [1.54, 1.807) is 0 Å². The van der Waals surface area contributed by atoms with E-state index in [1.807, 2.05) is 46.8 Å².